The molecule has 0 radical (unpaired) electrons. The number of rotatable bonds is 6. The maximum absolute atomic E-state index is 11.1. The van der Waals surface area contributed by atoms with Gasteiger partial charge in [0.2, 0.25) is 0 Å². The minimum absolute atomic E-state index is 0. The molecule has 0 spiro atoms. The van der Waals surface area contributed by atoms with E-state index in [9.17, 15) is 4.79 Å². The minimum atomic E-state index is -0.211. The number of esters is 1. The van der Waals surface area contributed by atoms with Gasteiger partial charge in [0.05, 0.1) is 13.7 Å². The second kappa shape index (κ2) is 9.29. The van der Waals surface area contributed by atoms with Gasteiger partial charge < -0.3 is 22.5 Å². The van der Waals surface area contributed by atoms with Gasteiger partial charge in [-0.1, -0.05) is 12.7 Å². The van der Waals surface area contributed by atoms with Gasteiger partial charge in [-0.3, -0.25) is 0 Å². The van der Waals surface area contributed by atoms with Crippen molar-refractivity contribution in [3.05, 3.63) is 25.3 Å². The van der Waals surface area contributed by atoms with Crippen LogP contribution in [-0.4, -0.2) is 25.7 Å². The van der Waals surface area contributed by atoms with Crippen LogP contribution in [0.1, 0.15) is 6.42 Å². The smallest absolute Gasteiger partial charge is 0.364 e. The van der Waals surface area contributed by atoms with Crippen molar-refractivity contribution in [3.63, 3.8) is 0 Å². The molecule has 0 fully saturated rings. The van der Waals surface area contributed by atoms with E-state index in [2.05, 4.69) is 17.9 Å². The monoisotopic (exact) mass is 205 g/mol. The van der Waals surface area contributed by atoms with E-state index in [0.29, 0.717) is 13.0 Å². The molecule has 4 heteroatoms. The standard InChI is InChI=1S/C9H15NO2.ClH/c1-4-6-8(9(11)12-3)10-7-5-2;/h4-5,8,10H,1-2,6-7H2,3H3;1H. The van der Waals surface area contributed by atoms with Crippen molar-refractivity contribution < 1.29 is 27.3 Å². The van der Waals surface area contributed by atoms with Gasteiger partial charge in [-0.25, -0.2) is 4.79 Å². The summed E-state index contributed by atoms with van der Waals surface area (Å²) in [7, 11) is 1.39. The van der Waals surface area contributed by atoms with Crippen molar-refractivity contribution in [1.82, 2.24) is 0 Å². The van der Waals surface area contributed by atoms with Crippen molar-refractivity contribution >= 4 is 5.97 Å². The molecular weight excluding hydrogens is 190 g/mol. The number of nitrogens with two attached hydrogens (primary N) is 1. The van der Waals surface area contributed by atoms with Crippen LogP contribution >= 0.6 is 0 Å². The molecule has 76 valence electrons. The van der Waals surface area contributed by atoms with Crippen molar-refractivity contribution in [2.45, 2.75) is 12.5 Å². The molecule has 1 atom stereocenters. The number of quaternary nitrogens is 1. The first kappa shape index (κ1) is 14.7. The third-order valence-corrected chi connectivity index (χ3v) is 1.51. The van der Waals surface area contributed by atoms with Crippen molar-refractivity contribution in [2.24, 2.45) is 0 Å². The zero-order valence-electron chi connectivity index (χ0n) is 7.83. The first-order valence-electron chi connectivity index (χ1n) is 3.89. The molecule has 0 aromatic heterocycles. The molecular formula is C9H16ClNO2. The lowest BCUT2D eigenvalue weighted by atomic mass is 10.2. The highest BCUT2D eigenvalue weighted by Crippen LogP contribution is 1.89. The van der Waals surface area contributed by atoms with Crippen LogP contribution in [0.2, 0.25) is 0 Å². The van der Waals surface area contributed by atoms with Gasteiger partial charge in [0, 0.05) is 6.42 Å². The van der Waals surface area contributed by atoms with Crippen LogP contribution < -0.4 is 17.7 Å². The van der Waals surface area contributed by atoms with Crippen molar-refractivity contribution in [2.75, 3.05) is 13.7 Å². The van der Waals surface area contributed by atoms with E-state index in [4.69, 9.17) is 0 Å². The second-order valence-electron chi connectivity index (χ2n) is 2.41. The molecule has 0 aliphatic rings. The molecule has 0 aromatic carbocycles. The zero-order chi connectivity index (χ0) is 9.40. The summed E-state index contributed by atoms with van der Waals surface area (Å²) < 4.78 is 4.61. The summed E-state index contributed by atoms with van der Waals surface area (Å²) in [5.41, 5.74) is 0. The summed E-state index contributed by atoms with van der Waals surface area (Å²) >= 11 is 0. The van der Waals surface area contributed by atoms with E-state index in [1.165, 1.54) is 7.11 Å². The Morgan fingerprint density at radius 2 is 2.15 bits per heavy atom. The van der Waals surface area contributed by atoms with Gasteiger partial charge in [0.15, 0.2) is 6.04 Å². The van der Waals surface area contributed by atoms with Crippen LogP contribution in [0.15, 0.2) is 25.3 Å². The van der Waals surface area contributed by atoms with Crippen LogP contribution in [0.25, 0.3) is 0 Å². The lowest BCUT2D eigenvalue weighted by molar-refractivity contribution is -0.669. The number of carbonyl (C=O) groups excluding carboxylic acids is 1. The summed E-state index contributed by atoms with van der Waals surface area (Å²) in [5, 5.41) is 1.88. The van der Waals surface area contributed by atoms with Crippen LogP contribution in [0.3, 0.4) is 0 Å². The zero-order valence-corrected chi connectivity index (χ0v) is 8.59. The Bertz CT molecular complexity index is 171. The van der Waals surface area contributed by atoms with Crippen molar-refractivity contribution in [1.29, 1.82) is 0 Å². The van der Waals surface area contributed by atoms with E-state index in [-0.39, 0.29) is 24.4 Å². The van der Waals surface area contributed by atoms with Crippen LogP contribution in [0.5, 0.6) is 0 Å². The molecule has 13 heavy (non-hydrogen) atoms. The Kier molecular flexibility index (Phi) is 10.5. The van der Waals surface area contributed by atoms with E-state index in [1.807, 2.05) is 5.32 Å². The normalized spacial score (nSPS) is 10.8. The molecule has 1 unspecified atom stereocenters. The summed E-state index contributed by atoms with van der Waals surface area (Å²) in [6, 6.07) is -0.175. The average Bonchev–Trinajstić information content (AvgIpc) is 2.11. The molecule has 0 saturated heterocycles. The number of carbonyl (C=O) groups is 1. The lowest BCUT2D eigenvalue weighted by Crippen LogP contribution is -3.00. The van der Waals surface area contributed by atoms with E-state index >= 15 is 0 Å². The van der Waals surface area contributed by atoms with Crippen molar-refractivity contribution in [3.8, 4) is 0 Å². The average molecular weight is 206 g/mol. The highest BCUT2D eigenvalue weighted by atomic mass is 35.5. The quantitative estimate of drug-likeness (QED) is 0.368. The Balaban J connectivity index is 0. The van der Waals surface area contributed by atoms with Gasteiger partial charge in [-0.05, 0) is 6.08 Å². The number of hydrogen-bond acceptors (Lipinski definition) is 2. The van der Waals surface area contributed by atoms with Crippen LogP contribution in [0, 0.1) is 0 Å². The van der Waals surface area contributed by atoms with E-state index < -0.39 is 0 Å². The van der Waals surface area contributed by atoms with Crippen LogP contribution in [0.4, 0.5) is 0 Å². The fourth-order valence-corrected chi connectivity index (χ4v) is 0.880. The summed E-state index contributed by atoms with van der Waals surface area (Å²) in [4.78, 5) is 11.1. The lowest BCUT2D eigenvalue weighted by Gasteiger charge is -2.09. The predicted molar refractivity (Wildman–Crippen MR) is 47.6 cm³/mol. The molecule has 0 saturated carbocycles. The van der Waals surface area contributed by atoms with Gasteiger partial charge in [0.25, 0.3) is 0 Å². The Hall–Kier alpha value is -0.800. The molecule has 0 amide bonds. The second-order valence-corrected chi connectivity index (χ2v) is 2.41. The summed E-state index contributed by atoms with van der Waals surface area (Å²) in [6.07, 6.45) is 4.08. The molecule has 0 rings (SSSR count). The van der Waals surface area contributed by atoms with Gasteiger partial charge >= 0.3 is 5.97 Å². The summed E-state index contributed by atoms with van der Waals surface area (Å²) in [5.74, 6) is -0.211. The topological polar surface area (TPSA) is 42.9 Å². The molecule has 0 aliphatic carbocycles. The molecule has 0 heterocycles. The maximum atomic E-state index is 11.1. The first-order valence-corrected chi connectivity index (χ1v) is 3.89. The minimum Gasteiger partial charge on any atom is -1.00 e. The van der Waals surface area contributed by atoms with E-state index in [1.54, 1.807) is 12.2 Å². The highest BCUT2D eigenvalue weighted by molar-refractivity contribution is 5.74. The Morgan fingerprint density at radius 3 is 2.54 bits per heavy atom. The fourth-order valence-electron chi connectivity index (χ4n) is 0.880. The number of methoxy groups -OCH3 is 1. The Labute approximate surface area is 85.3 Å². The highest BCUT2D eigenvalue weighted by Gasteiger charge is 2.19. The maximum Gasteiger partial charge on any atom is 0.364 e. The van der Waals surface area contributed by atoms with Gasteiger partial charge in [0.1, 0.15) is 0 Å². The SMILES string of the molecule is C=CC[NH2+]C(CC=C)C(=O)OC.[Cl-]. The molecule has 0 bridgehead atoms. The molecule has 3 nitrogen and oxygen atoms in total. The number of halogens is 1. The van der Waals surface area contributed by atoms with Crippen LogP contribution in [-0.2, 0) is 9.53 Å². The Morgan fingerprint density at radius 1 is 1.54 bits per heavy atom. The molecule has 0 aliphatic heterocycles. The first-order chi connectivity index (χ1) is 5.76. The predicted octanol–water partition coefficient (Wildman–Crippen LogP) is -3.14. The fraction of sp³-hybridized carbons (Fsp3) is 0.444. The largest absolute Gasteiger partial charge is 1.00 e. The molecule has 2 N–H and O–H groups in total. The van der Waals surface area contributed by atoms with Gasteiger partial charge in [-0.15, -0.1) is 6.58 Å². The third-order valence-electron chi connectivity index (χ3n) is 1.51. The third kappa shape index (κ3) is 6.37. The van der Waals surface area contributed by atoms with E-state index in [0.717, 1.165) is 0 Å². The number of hydrogen-bond donors (Lipinski definition) is 1. The molecule has 0 aromatic rings. The summed E-state index contributed by atoms with van der Waals surface area (Å²) in [6.45, 7) is 7.86. The van der Waals surface area contributed by atoms with Gasteiger partial charge in [-0.2, -0.15) is 0 Å². The number of ether oxygens (including phenoxy) is 1.